The number of hydrogen-bond donors (Lipinski definition) is 3. The zero-order valence-electron chi connectivity index (χ0n) is 12.7. The summed E-state index contributed by atoms with van der Waals surface area (Å²) in [6.45, 7) is 6.41. The van der Waals surface area contributed by atoms with E-state index in [1.54, 1.807) is 0 Å². The summed E-state index contributed by atoms with van der Waals surface area (Å²) in [7, 11) is 0. The topological polar surface area (TPSA) is 78.4 Å². The average molecular weight is 284 g/mol. The number of rotatable bonds is 8. The lowest BCUT2D eigenvalue weighted by molar-refractivity contribution is -0.137. The number of aliphatic carboxylic acids is 1. The van der Waals surface area contributed by atoms with Crippen molar-refractivity contribution in [3.63, 3.8) is 0 Å². The van der Waals surface area contributed by atoms with Gasteiger partial charge in [0.05, 0.1) is 5.41 Å². The largest absolute Gasteiger partial charge is 0.481 e. The standard InChI is InChI=1S/C15H28N2O3/c1-3-7-15(8-4-9-16-11-15)14(20)17-10-12(2)5-6-13(18)19/h12,16H,3-11H2,1-2H3,(H,17,20)(H,18,19). The van der Waals surface area contributed by atoms with E-state index in [0.29, 0.717) is 13.0 Å². The van der Waals surface area contributed by atoms with Crippen LogP contribution >= 0.6 is 0 Å². The highest BCUT2D eigenvalue weighted by atomic mass is 16.4. The van der Waals surface area contributed by atoms with Crippen LogP contribution in [0.1, 0.15) is 52.4 Å². The van der Waals surface area contributed by atoms with Crippen LogP contribution in [-0.2, 0) is 9.59 Å². The van der Waals surface area contributed by atoms with Crippen molar-refractivity contribution in [3.05, 3.63) is 0 Å². The molecule has 1 aliphatic rings. The first kappa shape index (κ1) is 17.0. The zero-order chi connectivity index (χ0) is 15.0. The van der Waals surface area contributed by atoms with E-state index in [4.69, 9.17) is 5.11 Å². The van der Waals surface area contributed by atoms with Gasteiger partial charge >= 0.3 is 5.97 Å². The SMILES string of the molecule is CCCC1(C(=O)NCC(C)CCC(=O)O)CCCNC1. The number of carboxylic acids is 1. The third-order valence-electron chi connectivity index (χ3n) is 4.14. The molecule has 2 atom stereocenters. The Kier molecular flexibility index (Phi) is 6.99. The molecule has 1 saturated heterocycles. The Labute approximate surface area is 121 Å². The molecule has 1 rings (SSSR count). The third kappa shape index (κ3) is 5.12. The van der Waals surface area contributed by atoms with Gasteiger partial charge in [0.25, 0.3) is 0 Å². The monoisotopic (exact) mass is 284 g/mol. The molecular weight excluding hydrogens is 256 g/mol. The van der Waals surface area contributed by atoms with E-state index in [2.05, 4.69) is 17.6 Å². The molecule has 0 spiro atoms. The molecule has 1 heterocycles. The molecule has 5 nitrogen and oxygen atoms in total. The van der Waals surface area contributed by atoms with Gasteiger partial charge in [0.2, 0.25) is 5.91 Å². The summed E-state index contributed by atoms with van der Waals surface area (Å²) in [5.74, 6) is -0.443. The number of carbonyl (C=O) groups is 2. The Morgan fingerprint density at radius 3 is 2.75 bits per heavy atom. The number of carbonyl (C=O) groups excluding carboxylic acids is 1. The Hall–Kier alpha value is -1.10. The lowest BCUT2D eigenvalue weighted by atomic mass is 9.76. The molecule has 0 bridgehead atoms. The molecule has 116 valence electrons. The lowest BCUT2D eigenvalue weighted by Gasteiger charge is -2.36. The fourth-order valence-corrected chi connectivity index (χ4v) is 2.89. The van der Waals surface area contributed by atoms with Crippen molar-refractivity contribution in [2.45, 2.75) is 52.4 Å². The van der Waals surface area contributed by atoms with Crippen LogP contribution in [0.4, 0.5) is 0 Å². The maximum Gasteiger partial charge on any atom is 0.303 e. The molecule has 0 aromatic rings. The van der Waals surface area contributed by atoms with Crippen LogP contribution in [-0.4, -0.2) is 36.6 Å². The second kappa shape index (κ2) is 8.25. The van der Waals surface area contributed by atoms with Gasteiger partial charge in [-0.25, -0.2) is 0 Å². The van der Waals surface area contributed by atoms with Gasteiger partial charge in [-0.1, -0.05) is 20.3 Å². The number of hydrogen-bond acceptors (Lipinski definition) is 3. The average Bonchev–Trinajstić information content (AvgIpc) is 2.43. The minimum Gasteiger partial charge on any atom is -0.481 e. The summed E-state index contributed by atoms with van der Waals surface area (Å²) in [4.78, 5) is 23.0. The second-order valence-electron chi connectivity index (χ2n) is 6.06. The van der Waals surface area contributed by atoms with Gasteiger partial charge in [0.15, 0.2) is 0 Å². The predicted molar refractivity (Wildman–Crippen MR) is 78.5 cm³/mol. The summed E-state index contributed by atoms with van der Waals surface area (Å²) in [5.41, 5.74) is -0.264. The first-order chi connectivity index (χ1) is 9.50. The van der Waals surface area contributed by atoms with Crippen LogP contribution < -0.4 is 10.6 Å². The molecule has 5 heteroatoms. The van der Waals surface area contributed by atoms with Gasteiger partial charge in [-0.15, -0.1) is 0 Å². The summed E-state index contributed by atoms with van der Waals surface area (Å²) in [6.07, 6.45) is 4.68. The molecule has 0 aromatic heterocycles. The Balaban J connectivity index is 2.44. The third-order valence-corrected chi connectivity index (χ3v) is 4.14. The van der Waals surface area contributed by atoms with E-state index in [1.165, 1.54) is 0 Å². The maximum absolute atomic E-state index is 12.5. The van der Waals surface area contributed by atoms with Gasteiger partial charge in [-0.05, 0) is 38.1 Å². The fraction of sp³-hybridized carbons (Fsp3) is 0.867. The van der Waals surface area contributed by atoms with Crippen molar-refractivity contribution in [2.75, 3.05) is 19.6 Å². The van der Waals surface area contributed by atoms with Crippen LogP contribution in [0.3, 0.4) is 0 Å². The van der Waals surface area contributed by atoms with E-state index in [9.17, 15) is 9.59 Å². The quantitative estimate of drug-likeness (QED) is 0.635. The Morgan fingerprint density at radius 1 is 1.45 bits per heavy atom. The maximum atomic E-state index is 12.5. The highest BCUT2D eigenvalue weighted by Crippen LogP contribution is 2.31. The molecule has 0 radical (unpaired) electrons. The van der Waals surface area contributed by atoms with Crippen molar-refractivity contribution in [3.8, 4) is 0 Å². The van der Waals surface area contributed by atoms with Gasteiger partial charge < -0.3 is 15.7 Å². The minimum atomic E-state index is -0.776. The zero-order valence-corrected chi connectivity index (χ0v) is 12.7. The summed E-state index contributed by atoms with van der Waals surface area (Å²) >= 11 is 0. The van der Waals surface area contributed by atoms with Crippen LogP contribution in [0.15, 0.2) is 0 Å². The number of carboxylic acid groups (broad SMARTS) is 1. The normalized spacial score (nSPS) is 24.1. The Bertz CT molecular complexity index is 320. The van der Waals surface area contributed by atoms with E-state index < -0.39 is 5.97 Å². The van der Waals surface area contributed by atoms with Crippen LogP contribution in [0, 0.1) is 11.3 Å². The number of amides is 1. The number of piperidine rings is 1. The minimum absolute atomic E-state index is 0.133. The first-order valence-corrected chi connectivity index (χ1v) is 7.71. The van der Waals surface area contributed by atoms with Crippen molar-refractivity contribution in [1.29, 1.82) is 0 Å². The summed E-state index contributed by atoms with van der Waals surface area (Å²) < 4.78 is 0. The Morgan fingerprint density at radius 2 is 2.20 bits per heavy atom. The molecule has 0 aromatic carbocycles. The molecule has 1 amide bonds. The summed E-state index contributed by atoms with van der Waals surface area (Å²) in [6, 6.07) is 0. The second-order valence-corrected chi connectivity index (χ2v) is 6.06. The molecule has 0 saturated carbocycles. The van der Waals surface area contributed by atoms with Crippen LogP contribution in [0.25, 0.3) is 0 Å². The molecule has 2 unspecified atom stereocenters. The van der Waals surface area contributed by atoms with Crippen molar-refractivity contribution >= 4 is 11.9 Å². The lowest BCUT2D eigenvalue weighted by Crippen LogP contribution is -2.51. The molecular formula is C15H28N2O3. The van der Waals surface area contributed by atoms with Crippen LogP contribution in [0.2, 0.25) is 0 Å². The highest BCUT2D eigenvalue weighted by Gasteiger charge is 2.38. The van der Waals surface area contributed by atoms with Crippen molar-refractivity contribution in [1.82, 2.24) is 10.6 Å². The molecule has 1 fully saturated rings. The van der Waals surface area contributed by atoms with Crippen LogP contribution in [0.5, 0.6) is 0 Å². The van der Waals surface area contributed by atoms with Crippen molar-refractivity contribution in [2.24, 2.45) is 11.3 Å². The highest BCUT2D eigenvalue weighted by molar-refractivity contribution is 5.83. The van der Waals surface area contributed by atoms with E-state index in [-0.39, 0.29) is 23.7 Å². The van der Waals surface area contributed by atoms with Gasteiger partial charge in [-0.2, -0.15) is 0 Å². The summed E-state index contributed by atoms with van der Waals surface area (Å²) in [5, 5.41) is 15.0. The van der Waals surface area contributed by atoms with Gasteiger partial charge in [0, 0.05) is 19.5 Å². The van der Waals surface area contributed by atoms with Crippen molar-refractivity contribution < 1.29 is 14.7 Å². The molecule has 0 aliphatic carbocycles. The van der Waals surface area contributed by atoms with E-state index >= 15 is 0 Å². The predicted octanol–water partition coefficient (Wildman–Crippen LogP) is 1.77. The smallest absolute Gasteiger partial charge is 0.303 e. The molecule has 1 aliphatic heterocycles. The van der Waals surface area contributed by atoms with Gasteiger partial charge in [-0.3, -0.25) is 9.59 Å². The molecule has 3 N–H and O–H groups in total. The fourth-order valence-electron chi connectivity index (χ4n) is 2.89. The van der Waals surface area contributed by atoms with E-state index in [0.717, 1.165) is 38.8 Å². The molecule has 20 heavy (non-hydrogen) atoms. The first-order valence-electron chi connectivity index (χ1n) is 7.71. The van der Waals surface area contributed by atoms with E-state index in [1.807, 2.05) is 6.92 Å². The number of nitrogens with one attached hydrogen (secondary N) is 2. The van der Waals surface area contributed by atoms with Gasteiger partial charge in [0.1, 0.15) is 0 Å².